The molecular weight excluding hydrogens is 507 g/mol. The smallest absolute Gasteiger partial charge is 0.410 e. The minimum atomic E-state index is -0.628. The van der Waals surface area contributed by atoms with E-state index in [0.29, 0.717) is 44.7 Å². The highest BCUT2D eigenvalue weighted by molar-refractivity contribution is 6.30. The number of likely N-dealkylation sites (tertiary alicyclic amines) is 1. The van der Waals surface area contributed by atoms with Gasteiger partial charge in [0.05, 0.1) is 10.9 Å². The van der Waals surface area contributed by atoms with Crippen molar-refractivity contribution in [1.29, 1.82) is 0 Å². The van der Waals surface area contributed by atoms with E-state index in [4.69, 9.17) is 25.5 Å². The fourth-order valence-corrected chi connectivity index (χ4v) is 5.50. The molecule has 6 rings (SSSR count). The van der Waals surface area contributed by atoms with Crippen LogP contribution in [0.15, 0.2) is 22.6 Å². The van der Waals surface area contributed by atoms with Gasteiger partial charge in [0.15, 0.2) is 6.61 Å². The molecule has 1 atom stereocenters. The van der Waals surface area contributed by atoms with Crippen LogP contribution in [0.1, 0.15) is 68.9 Å². The molecule has 2 bridgehead atoms. The van der Waals surface area contributed by atoms with E-state index in [0.717, 1.165) is 6.07 Å². The van der Waals surface area contributed by atoms with E-state index in [1.165, 1.54) is 12.1 Å². The number of aromatic nitrogens is 2. The number of nitrogens with zero attached hydrogens (tertiary/aromatic N) is 3. The number of hydrogen-bond acceptors (Lipinski definition) is 8. The highest BCUT2D eigenvalue weighted by Gasteiger charge is 2.72. The first-order chi connectivity index (χ1) is 17.4. The summed E-state index contributed by atoms with van der Waals surface area (Å²) in [5.74, 6) is -0.876. The lowest BCUT2D eigenvalue weighted by Crippen LogP contribution is -2.77. The summed E-state index contributed by atoms with van der Waals surface area (Å²) in [6.07, 6.45) is 1.69. The van der Waals surface area contributed by atoms with Gasteiger partial charge in [-0.25, -0.2) is 9.18 Å². The number of nitrogens with one attached hydrogen (secondary N) is 1. The number of halogens is 2. The lowest BCUT2D eigenvalue weighted by Gasteiger charge is -2.68. The van der Waals surface area contributed by atoms with Crippen LogP contribution in [0.4, 0.5) is 9.18 Å². The maximum atomic E-state index is 13.5. The number of hydrogen-bond donors (Lipinski definition) is 1. The van der Waals surface area contributed by atoms with Gasteiger partial charge in [-0.15, -0.1) is 10.2 Å². The average molecular weight is 535 g/mol. The highest BCUT2D eigenvalue weighted by Crippen LogP contribution is 2.68. The Bertz CT molecular complexity index is 1240. The monoisotopic (exact) mass is 534 g/mol. The van der Waals surface area contributed by atoms with Gasteiger partial charge in [0.1, 0.15) is 17.2 Å². The molecule has 37 heavy (non-hydrogen) atoms. The number of carbonyl (C=O) groups is 3. The molecule has 2 heterocycles. The molecule has 2 aromatic rings. The maximum Gasteiger partial charge on any atom is 0.410 e. The molecule has 1 unspecified atom stereocenters. The van der Waals surface area contributed by atoms with Crippen LogP contribution in [0.25, 0.3) is 0 Å². The number of carbonyl (C=O) groups excluding carboxylic acids is 3. The second-order valence-electron chi connectivity index (χ2n) is 11.2. The summed E-state index contributed by atoms with van der Waals surface area (Å²) < 4.78 is 30.0. The molecule has 0 radical (unpaired) electrons. The summed E-state index contributed by atoms with van der Waals surface area (Å²) in [7, 11) is 0. The van der Waals surface area contributed by atoms with Crippen molar-refractivity contribution in [3.05, 3.63) is 40.8 Å². The van der Waals surface area contributed by atoms with Crippen molar-refractivity contribution in [3.8, 4) is 5.75 Å². The van der Waals surface area contributed by atoms with Crippen LogP contribution >= 0.6 is 11.6 Å². The van der Waals surface area contributed by atoms with E-state index in [9.17, 15) is 18.8 Å². The molecule has 2 amide bonds. The number of amides is 2. The minimum Gasteiger partial charge on any atom is -0.484 e. The molecule has 3 saturated carbocycles. The molecule has 198 valence electrons. The molecule has 1 aromatic carbocycles. The fourth-order valence-electron chi connectivity index (χ4n) is 5.38. The zero-order valence-electron chi connectivity index (χ0n) is 20.8. The van der Waals surface area contributed by atoms with Crippen LogP contribution in [0.2, 0.25) is 5.02 Å². The van der Waals surface area contributed by atoms with E-state index in [1.807, 2.05) is 20.8 Å². The van der Waals surface area contributed by atoms with Gasteiger partial charge in [-0.3, -0.25) is 9.59 Å². The van der Waals surface area contributed by atoms with Crippen LogP contribution < -0.4 is 10.1 Å². The maximum absolute atomic E-state index is 13.5. The van der Waals surface area contributed by atoms with Crippen molar-refractivity contribution in [1.82, 2.24) is 20.4 Å². The average Bonchev–Trinajstić information content (AvgIpc) is 3.44. The van der Waals surface area contributed by atoms with Gasteiger partial charge in [0.2, 0.25) is 11.7 Å². The number of benzene rings is 1. The van der Waals surface area contributed by atoms with Crippen molar-refractivity contribution in [2.45, 2.75) is 63.5 Å². The van der Waals surface area contributed by atoms with E-state index < -0.39 is 28.5 Å². The Kier molecular flexibility index (Phi) is 6.17. The molecule has 12 heteroatoms. The first-order valence-corrected chi connectivity index (χ1v) is 12.5. The molecule has 1 aliphatic heterocycles. The lowest BCUT2D eigenvalue weighted by molar-refractivity contribution is -0.148. The largest absolute Gasteiger partial charge is 0.484 e. The first kappa shape index (κ1) is 25.4. The highest BCUT2D eigenvalue weighted by atomic mass is 35.5. The molecule has 1 aromatic heterocycles. The van der Waals surface area contributed by atoms with E-state index in [2.05, 4.69) is 15.5 Å². The number of Topliss-reactive ketones (excluding diaryl/α,β-unsaturated/α-hetero) is 1. The quantitative estimate of drug-likeness (QED) is 0.531. The van der Waals surface area contributed by atoms with Crippen molar-refractivity contribution < 1.29 is 32.7 Å². The molecule has 1 N–H and O–H groups in total. The van der Waals surface area contributed by atoms with Crippen LogP contribution in [0.5, 0.6) is 5.75 Å². The molecule has 4 aliphatic rings. The van der Waals surface area contributed by atoms with Crippen LogP contribution in [0, 0.1) is 11.2 Å². The third kappa shape index (κ3) is 5.01. The second-order valence-corrected chi connectivity index (χ2v) is 11.6. The zero-order valence-corrected chi connectivity index (χ0v) is 21.6. The van der Waals surface area contributed by atoms with Gasteiger partial charge in [0, 0.05) is 30.1 Å². The molecule has 0 spiro atoms. The Morgan fingerprint density at radius 1 is 1.24 bits per heavy atom. The summed E-state index contributed by atoms with van der Waals surface area (Å²) in [5, 5.41) is 10.9. The Hall–Kier alpha value is -3.21. The predicted octanol–water partition coefficient (Wildman–Crippen LogP) is 3.89. The first-order valence-electron chi connectivity index (χ1n) is 12.1. The summed E-state index contributed by atoms with van der Waals surface area (Å²) in [6.45, 7) is 6.05. The summed E-state index contributed by atoms with van der Waals surface area (Å²) >= 11 is 5.64. The third-order valence-corrected chi connectivity index (χ3v) is 7.31. The SMILES string of the molecule is CC(C)(C)OC(=O)N1CCC(c2nnc(C(=O)C34CC(NC(=O)COc5ccc(Cl)c(F)c5)(C3)C4)o2)C1. The predicted molar refractivity (Wildman–Crippen MR) is 128 cm³/mol. The van der Waals surface area contributed by atoms with Crippen LogP contribution in [-0.2, 0) is 9.53 Å². The van der Waals surface area contributed by atoms with Crippen molar-refractivity contribution in [2.75, 3.05) is 19.7 Å². The number of rotatable bonds is 7. The molecule has 1 saturated heterocycles. The molecular formula is C25H28ClFN4O6. The van der Waals surface area contributed by atoms with E-state index in [1.54, 1.807) is 4.90 Å². The lowest BCUT2D eigenvalue weighted by atomic mass is 9.38. The van der Waals surface area contributed by atoms with Crippen molar-refractivity contribution in [2.24, 2.45) is 5.41 Å². The normalized spacial score (nSPS) is 26.2. The van der Waals surface area contributed by atoms with Crippen molar-refractivity contribution in [3.63, 3.8) is 0 Å². The number of ketones is 1. The Balaban J connectivity index is 1.10. The molecule has 10 nitrogen and oxygen atoms in total. The van der Waals surface area contributed by atoms with Crippen LogP contribution in [0.3, 0.4) is 0 Å². The van der Waals surface area contributed by atoms with Gasteiger partial charge in [-0.1, -0.05) is 11.6 Å². The molecule has 3 aliphatic carbocycles. The fraction of sp³-hybridized carbons (Fsp3) is 0.560. The Labute approximate surface area is 217 Å². The summed E-state index contributed by atoms with van der Waals surface area (Å²) in [6, 6.07) is 3.95. The van der Waals surface area contributed by atoms with Gasteiger partial charge in [-0.05, 0) is 58.6 Å². The Morgan fingerprint density at radius 3 is 2.65 bits per heavy atom. The number of ether oxygens (including phenoxy) is 2. The summed E-state index contributed by atoms with van der Waals surface area (Å²) in [5.41, 5.74) is -1.65. The van der Waals surface area contributed by atoms with Crippen molar-refractivity contribution >= 4 is 29.4 Å². The summed E-state index contributed by atoms with van der Waals surface area (Å²) in [4.78, 5) is 39.3. The van der Waals surface area contributed by atoms with Gasteiger partial charge >= 0.3 is 6.09 Å². The van der Waals surface area contributed by atoms with Gasteiger partial charge in [-0.2, -0.15) is 0 Å². The van der Waals surface area contributed by atoms with E-state index in [-0.39, 0.29) is 40.9 Å². The zero-order chi connectivity index (χ0) is 26.6. The Morgan fingerprint density at radius 2 is 1.97 bits per heavy atom. The molecule has 4 fully saturated rings. The third-order valence-electron chi connectivity index (χ3n) is 7.00. The second kappa shape index (κ2) is 8.97. The topological polar surface area (TPSA) is 124 Å². The standard InChI is InChI=1S/C25H28ClFN4O6/c1-23(2,3)37-22(34)31-7-6-14(9-31)20-29-30-21(36-20)19(33)24-11-25(12-24,13-24)28-18(32)10-35-15-4-5-16(26)17(27)8-15/h4-5,8,14H,6-7,9-13H2,1-3H3,(H,28,32). The van der Waals surface area contributed by atoms with Crippen LogP contribution in [-0.4, -0.2) is 63.7 Å². The van der Waals surface area contributed by atoms with E-state index >= 15 is 0 Å². The van der Waals surface area contributed by atoms with Gasteiger partial charge < -0.3 is 24.1 Å². The van der Waals surface area contributed by atoms with Gasteiger partial charge in [0.25, 0.3) is 11.8 Å². The minimum absolute atomic E-state index is 0.0278.